The number of phosphoric ester groups is 2. The molecule has 0 spiro atoms. The summed E-state index contributed by atoms with van der Waals surface area (Å²) < 4.78 is 67.9. The van der Waals surface area contributed by atoms with E-state index >= 15 is 0 Å². The Morgan fingerprint density at radius 1 is 0.341 bits per heavy atom. The van der Waals surface area contributed by atoms with Crippen LogP contribution in [0.5, 0.6) is 0 Å². The Morgan fingerprint density at radius 3 is 0.894 bits per heavy atom. The second-order valence-electron chi connectivity index (χ2n) is 24.8. The van der Waals surface area contributed by atoms with Crippen molar-refractivity contribution in [3.8, 4) is 0 Å². The van der Waals surface area contributed by atoms with Crippen LogP contribution in [-0.4, -0.2) is 96.7 Å². The number of hydrogen-bond acceptors (Lipinski definition) is 15. The van der Waals surface area contributed by atoms with Crippen LogP contribution in [0, 0.1) is 17.8 Å². The molecule has 0 aliphatic carbocycles. The van der Waals surface area contributed by atoms with Gasteiger partial charge in [0.1, 0.15) is 19.3 Å². The molecule has 0 saturated heterocycles. The zero-order valence-corrected chi connectivity index (χ0v) is 56.9. The Bertz CT molecular complexity index is 1690. The molecule has 0 saturated carbocycles. The highest BCUT2D eigenvalue weighted by molar-refractivity contribution is 7.47. The predicted molar refractivity (Wildman–Crippen MR) is 340 cm³/mol. The molecule has 7 atom stereocenters. The highest BCUT2D eigenvalue weighted by Gasteiger charge is 2.30. The lowest BCUT2D eigenvalue weighted by molar-refractivity contribution is -0.161. The van der Waals surface area contributed by atoms with Gasteiger partial charge in [-0.2, -0.15) is 0 Å². The molecular weight excluding hydrogens is 1130 g/mol. The van der Waals surface area contributed by atoms with Crippen molar-refractivity contribution in [1.29, 1.82) is 0 Å². The largest absolute Gasteiger partial charge is 0.472 e. The van der Waals surface area contributed by atoms with Crippen molar-refractivity contribution in [2.75, 3.05) is 39.6 Å². The van der Waals surface area contributed by atoms with Gasteiger partial charge in [0.05, 0.1) is 26.4 Å². The lowest BCUT2D eigenvalue weighted by atomic mass is 9.99. The second-order valence-corrected chi connectivity index (χ2v) is 27.7. The van der Waals surface area contributed by atoms with E-state index in [4.69, 9.17) is 37.0 Å². The van der Waals surface area contributed by atoms with Gasteiger partial charge in [0.2, 0.25) is 0 Å². The molecule has 17 nitrogen and oxygen atoms in total. The highest BCUT2D eigenvalue weighted by Crippen LogP contribution is 2.45. The maximum Gasteiger partial charge on any atom is 0.472 e. The van der Waals surface area contributed by atoms with E-state index in [0.29, 0.717) is 25.7 Å². The molecule has 0 aromatic carbocycles. The zero-order chi connectivity index (χ0) is 63.1. The molecule has 0 aromatic heterocycles. The van der Waals surface area contributed by atoms with Gasteiger partial charge in [0.15, 0.2) is 12.2 Å². The predicted octanol–water partition coefficient (Wildman–Crippen LogP) is 18.3. The van der Waals surface area contributed by atoms with Crippen molar-refractivity contribution in [1.82, 2.24) is 0 Å². The fourth-order valence-electron chi connectivity index (χ4n) is 9.77. The Balaban J connectivity index is 5.16. The van der Waals surface area contributed by atoms with Crippen LogP contribution in [0.2, 0.25) is 0 Å². The van der Waals surface area contributed by atoms with E-state index in [0.717, 1.165) is 114 Å². The van der Waals surface area contributed by atoms with E-state index in [1.807, 2.05) is 0 Å². The number of carbonyl (C=O) groups is 4. The van der Waals surface area contributed by atoms with Gasteiger partial charge < -0.3 is 33.8 Å². The molecule has 0 heterocycles. The number of esters is 4. The Morgan fingerprint density at radius 2 is 0.600 bits per heavy atom. The summed E-state index contributed by atoms with van der Waals surface area (Å²) in [5.74, 6) is 0.155. The van der Waals surface area contributed by atoms with Gasteiger partial charge in [0, 0.05) is 25.7 Å². The van der Waals surface area contributed by atoms with Crippen molar-refractivity contribution in [2.24, 2.45) is 17.8 Å². The molecular formula is C66H128O17P2. The number of rotatable bonds is 64. The standard InChI is InChI=1S/C66H128O17P2/c1-8-11-12-30-40-47-63(68)76-53-61(83-66(71)50-43-36-29-28-33-39-46-59(7)10-3)55-80-84(72,73)78-51-60(67)52-79-85(74,75)81-56-62(54-77-64(69)48-41-34-26-23-22-25-32-38-45-58(6)9-2)82-65(70)49-42-35-27-21-19-17-15-13-14-16-18-20-24-31-37-44-57(4)5/h57-62,67H,8-56H2,1-7H3,(H,72,73)(H,74,75)/t58?,59?,60-,61+,62+/m0/s1. The van der Waals surface area contributed by atoms with Crippen LogP contribution >= 0.6 is 15.6 Å². The molecule has 19 heteroatoms. The number of hydrogen-bond donors (Lipinski definition) is 3. The molecule has 0 aliphatic rings. The van der Waals surface area contributed by atoms with E-state index in [9.17, 15) is 43.2 Å². The summed E-state index contributed by atoms with van der Waals surface area (Å²) >= 11 is 0. The highest BCUT2D eigenvalue weighted by atomic mass is 31.2. The summed E-state index contributed by atoms with van der Waals surface area (Å²) in [6.45, 7) is 11.7. The summed E-state index contributed by atoms with van der Waals surface area (Å²) in [6.07, 6.45) is 39.3. The van der Waals surface area contributed by atoms with Crippen LogP contribution in [-0.2, 0) is 65.4 Å². The SMILES string of the molecule is CCCCCCCC(=O)OC[C@H](COP(=O)(O)OC[C@H](O)COP(=O)(O)OC[C@@H](COC(=O)CCCCCCCCCCC(C)CC)OC(=O)CCCCCCCCCCCCCCCCCC(C)C)OC(=O)CCCCCCCCC(C)CC. The van der Waals surface area contributed by atoms with Gasteiger partial charge in [-0.3, -0.25) is 37.3 Å². The normalized spacial score (nSPS) is 15.0. The Kier molecular flexibility index (Phi) is 55.9. The molecule has 0 aliphatic heterocycles. The maximum atomic E-state index is 13.0. The molecule has 0 aromatic rings. The summed E-state index contributed by atoms with van der Waals surface area (Å²) in [4.78, 5) is 72.1. The van der Waals surface area contributed by atoms with Gasteiger partial charge >= 0.3 is 39.5 Å². The first-order chi connectivity index (χ1) is 40.8. The third-order valence-electron chi connectivity index (χ3n) is 15.9. The van der Waals surface area contributed by atoms with Crippen molar-refractivity contribution in [3.63, 3.8) is 0 Å². The first-order valence-corrected chi connectivity index (χ1v) is 37.4. The van der Waals surface area contributed by atoms with Crippen LogP contribution in [0.1, 0.15) is 325 Å². The molecule has 0 rings (SSSR count). The molecule has 0 bridgehead atoms. The fourth-order valence-corrected chi connectivity index (χ4v) is 11.3. The number of aliphatic hydroxyl groups is 1. The van der Waals surface area contributed by atoms with Gasteiger partial charge in [-0.15, -0.1) is 0 Å². The van der Waals surface area contributed by atoms with Gasteiger partial charge in [-0.1, -0.05) is 273 Å². The van der Waals surface area contributed by atoms with E-state index in [1.165, 1.54) is 128 Å². The van der Waals surface area contributed by atoms with Crippen LogP contribution in [0.15, 0.2) is 0 Å². The number of ether oxygens (including phenoxy) is 4. The number of carbonyl (C=O) groups excluding carboxylic acids is 4. The summed E-state index contributed by atoms with van der Waals surface area (Å²) in [5, 5.41) is 10.5. The van der Waals surface area contributed by atoms with Crippen molar-refractivity contribution >= 4 is 39.5 Å². The number of unbranched alkanes of at least 4 members (excludes halogenated alkanes) is 30. The van der Waals surface area contributed by atoms with Gasteiger partial charge in [0.25, 0.3) is 0 Å². The fraction of sp³-hybridized carbons (Fsp3) is 0.939. The van der Waals surface area contributed by atoms with E-state index in [-0.39, 0.29) is 25.7 Å². The van der Waals surface area contributed by atoms with Crippen molar-refractivity contribution in [3.05, 3.63) is 0 Å². The molecule has 504 valence electrons. The van der Waals surface area contributed by atoms with E-state index in [1.54, 1.807) is 0 Å². The molecule has 0 amide bonds. The minimum absolute atomic E-state index is 0.102. The monoisotopic (exact) mass is 1250 g/mol. The topological polar surface area (TPSA) is 237 Å². The van der Waals surface area contributed by atoms with Crippen LogP contribution < -0.4 is 0 Å². The minimum Gasteiger partial charge on any atom is -0.462 e. The third kappa shape index (κ3) is 58.2. The maximum absolute atomic E-state index is 13.0. The average molecular weight is 1260 g/mol. The lowest BCUT2D eigenvalue weighted by Crippen LogP contribution is -2.30. The number of phosphoric acid groups is 2. The van der Waals surface area contributed by atoms with Crippen LogP contribution in [0.3, 0.4) is 0 Å². The second kappa shape index (κ2) is 57.2. The summed E-state index contributed by atoms with van der Waals surface area (Å²) in [5.41, 5.74) is 0. The molecule has 3 N–H and O–H groups in total. The van der Waals surface area contributed by atoms with Gasteiger partial charge in [-0.05, 0) is 43.4 Å². The Hall–Kier alpha value is -1.94. The molecule has 4 unspecified atom stereocenters. The first-order valence-electron chi connectivity index (χ1n) is 34.4. The van der Waals surface area contributed by atoms with Gasteiger partial charge in [-0.25, -0.2) is 9.13 Å². The lowest BCUT2D eigenvalue weighted by Gasteiger charge is -2.21. The van der Waals surface area contributed by atoms with Crippen molar-refractivity contribution in [2.45, 2.75) is 343 Å². The summed E-state index contributed by atoms with van der Waals surface area (Å²) in [7, 11) is -9.88. The molecule has 0 radical (unpaired) electrons. The summed E-state index contributed by atoms with van der Waals surface area (Å²) in [6, 6.07) is 0. The molecule has 0 fully saturated rings. The zero-order valence-electron chi connectivity index (χ0n) is 55.1. The number of aliphatic hydroxyl groups excluding tert-OH is 1. The molecule has 85 heavy (non-hydrogen) atoms. The minimum atomic E-state index is -4.95. The van der Waals surface area contributed by atoms with Crippen molar-refractivity contribution < 1.29 is 80.2 Å². The van der Waals surface area contributed by atoms with Crippen LogP contribution in [0.25, 0.3) is 0 Å². The third-order valence-corrected chi connectivity index (χ3v) is 17.8. The quantitative estimate of drug-likeness (QED) is 0.0222. The Labute approximate surface area is 517 Å². The van der Waals surface area contributed by atoms with E-state index < -0.39 is 97.5 Å². The van der Waals surface area contributed by atoms with E-state index in [2.05, 4.69) is 48.5 Å². The smallest absolute Gasteiger partial charge is 0.462 e. The average Bonchev–Trinajstić information content (AvgIpc) is 3.52. The van der Waals surface area contributed by atoms with Crippen LogP contribution in [0.4, 0.5) is 0 Å². The first kappa shape index (κ1) is 83.1.